The Morgan fingerprint density at radius 3 is 2.25 bits per heavy atom. The molecule has 16 heavy (non-hydrogen) atoms. The van der Waals surface area contributed by atoms with Gasteiger partial charge in [-0.1, -0.05) is 0 Å². The van der Waals surface area contributed by atoms with Gasteiger partial charge in [0.2, 0.25) is 0 Å². The molecule has 0 atom stereocenters. The molecule has 1 aliphatic rings. The zero-order chi connectivity index (χ0) is 11.9. The summed E-state index contributed by atoms with van der Waals surface area (Å²) in [4.78, 5) is 23.2. The van der Waals surface area contributed by atoms with Crippen LogP contribution in [0.1, 0.15) is 33.6 Å². The molecule has 0 aromatic heterocycles. The van der Waals surface area contributed by atoms with Gasteiger partial charge in [0.05, 0.1) is 16.8 Å². The van der Waals surface area contributed by atoms with Gasteiger partial charge in [0.1, 0.15) is 11.5 Å². The van der Waals surface area contributed by atoms with Gasteiger partial charge in [0.25, 0.3) is 0 Å². The first-order chi connectivity index (χ1) is 7.56. The SMILES string of the molecule is CNc1cc(O)c2c(c1O)C(=O)CCC2=O. The van der Waals surface area contributed by atoms with Gasteiger partial charge in [0.15, 0.2) is 11.6 Å². The summed E-state index contributed by atoms with van der Waals surface area (Å²) in [5.41, 5.74) is 0.104. The van der Waals surface area contributed by atoms with Crippen molar-refractivity contribution in [1.82, 2.24) is 0 Å². The number of hydrogen-bond acceptors (Lipinski definition) is 5. The molecule has 0 spiro atoms. The van der Waals surface area contributed by atoms with Crippen LogP contribution in [0, 0.1) is 0 Å². The number of hydrogen-bond donors (Lipinski definition) is 3. The highest BCUT2D eigenvalue weighted by molar-refractivity contribution is 6.17. The second-order valence-electron chi connectivity index (χ2n) is 3.64. The molecule has 1 aromatic rings. The molecule has 2 rings (SSSR count). The number of aromatic hydroxyl groups is 2. The van der Waals surface area contributed by atoms with Gasteiger partial charge in [-0.05, 0) is 0 Å². The minimum Gasteiger partial charge on any atom is -0.507 e. The normalized spacial score (nSPS) is 14.8. The van der Waals surface area contributed by atoms with E-state index in [1.165, 1.54) is 6.07 Å². The van der Waals surface area contributed by atoms with E-state index in [1.807, 2.05) is 0 Å². The van der Waals surface area contributed by atoms with E-state index >= 15 is 0 Å². The molecule has 5 heteroatoms. The Balaban J connectivity index is 2.78. The average Bonchev–Trinajstić information content (AvgIpc) is 2.26. The van der Waals surface area contributed by atoms with Crippen LogP contribution in [0.5, 0.6) is 11.5 Å². The maximum absolute atomic E-state index is 11.6. The van der Waals surface area contributed by atoms with Crippen molar-refractivity contribution in [3.63, 3.8) is 0 Å². The standard InChI is InChI=1S/C11H11NO4/c1-12-5-4-8(15)9-6(13)2-3-7(14)10(9)11(5)16/h4,12,15-16H,2-3H2,1H3. The van der Waals surface area contributed by atoms with Gasteiger partial charge < -0.3 is 15.5 Å². The lowest BCUT2D eigenvalue weighted by Crippen LogP contribution is -2.17. The molecule has 0 bridgehead atoms. The maximum atomic E-state index is 11.6. The third kappa shape index (κ3) is 1.32. The summed E-state index contributed by atoms with van der Waals surface area (Å²) in [6.07, 6.45) is 0.156. The monoisotopic (exact) mass is 221 g/mol. The average molecular weight is 221 g/mol. The predicted molar refractivity (Wildman–Crippen MR) is 57.2 cm³/mol. The Bertz CT molecular complexity index is 493. The number of Topliss-reactive ketones (excluding diaryl/α,β-unsaturated/α-hetero) is 2. The predicted octanol–water partition coefficient (Wildman–Crippen LogP) is 1.30. The van der Waals surface area contributed by atoms with Crippen LogP contribution in [0.15, 0.2) is 6.07 Å². The van der Waals surface area contributed by atoms with Crippen molar-refractivity contribution in [3.8, 4) is 11.5 Å². The Hall–Kier alpha value is -2.04. The van der Waals surface area contributed by atoms with Gasteiger partial charge in [-0.3, -0.25) is 9.59 Å². The summed E-state index contributed by atoms with van der Waals surface area (Å²) in [5.74, 6) is -1.17. The van der Waals surface area contributed by atoms with E-state index in [4.69, 9.17) is 0 Å². The molecule has 1 aromatic carbocycles. The van der Waals surface area contributed by atoms with E-state index in [0.29, 0.717) is 0 Å². The molecule has 0 radical (unpaired) electrons. The van der Waals surface area contributed by atoms with Crippen LogP contribution >= 0.6 is 0 Å². The fourth-order valence-electron chi connectivity index (χ4n) is 1.88. The minimum atomic E-state index is -0.320. The lowest BCUT2D eigenvalue weighted by Gasteiger charge is -2.18. The summed E-state index contributed by atoms with van der Waals surface area (Å²) in [6.45, 7) is 0. The smallest absolute Gasteiger partial charge is 0.168 e. The van der Waals surface area contributed by atoms with Gasteiger partial charge in [-0.25, -0.2) is 0 Å². The molecular weight excluding hydrogens is 210 g/mol. The van der Waals surface area contributed by atoms with Crippen LogP contribution < -0.4 is 5.32 Å². The number of carbonyl (C=O) groups is 2. The second-order valence-corrected chi connectivity index (χ2v) is 3.64. The van der Waals surface area contributed by atoms with E-state index in [-0.39, 0.29) is 52.7 Å². The number of nitrogens with one attached hydrogen (secondary N) is 1. The Kier molecular flexibility index (Phi) is 2.30. The van der Waals surface area contributed by atoms with E-state index in [0.717, 1.165) is 0 Å². The van der Waals surface area contributed by atoms with Crippen LogP contribution in [-0.4, -0.2) is 28.8 Å². The van der Waals surface area contributed by atoms with Crippen LogP contribution in [0.25, 0.3) is 0 Å². The maximum Gasteiger partial charge on any atom is 0.168 e. The Morgan fingerprint density at radius 2 is 1.69 bits per heavy atom. The highest BCUT2D eigenvalue weighted by Crippen LogP contribution is 2.40. The molecule has 0 aliphatic heterocycles. The van der Waals surface area contributed by atoms with E-state index in [9.17, 15) is 19.8 Å². The summed E-state index contributed by atoms with van der Waals surface area (Å²) in [5, 5.41) is 22.1. The largest absolute Gasteiger partial charge is 0.507 e. The van der Waals surface area contributed by atoms with Crippen molar-refractivity contribution in [1.29, 1.82) is 0 Å². The molecule has 0 amide bonds. The molecular formula is C11H11NO4. The van der Waals surface area contributed by atoms with Crippen LogP contribution in [0.3, 0.4) is 0 Å². The number of phenols is 2. The lowest BCUT2D eigenvalue weighted by atomic mass is 9.87. The lowest BCUT2D eigenvalue weighted by molar-refractivity contribution is 0.0885. The summed E-state index contributed by atoms with van der Waals surface area (Å²) < 4.78 is 0. The minimum absolute atomic E-state index is 0.0623. The Labute approximate surface area is 91.7 Å². The molecule has 0 heterocycles. The van der Waals surface area contributed by atoms with Crippen molar-refractivity contribution < 1.29 is 19.8 Å². The third-order valence-corrected chi connectivity index (χ3v) is 2.69. The first kappa shape index (κ1) is 10.5. The highest BCUT2D eigenvalue weighted by Gasteiger charge is 2.31. The first-order valence-electron chi connectivity index (χ1n) is 4.89. The van der Waals surface area contributed by atoms with Gasteiger partial charge in [0, 0.05) is 26.0 Å². The fraction of sp³-hybridized carbons (Fsp3) is 0.273. The van der Waals surface area contributed by atoms with Crippen molar-refractivity contribution >= 4 is 17.3 Å². The van der Waals surface area contributed by atoms with Gasteiger partial charge in [-0.2, -0.15) is 0 Å². The highest BCUT2D eigenvalue weighted by atomic mass is 16.3. The van der Waals surface area contributed by atoms with Crippen molar-refractivity contribution in [3.05, 3.63) is 17.2 Å². The third-order valence-electron chi connectivity index (χ3n) is 2.69. The van der Waals surface area contributed by atoms with Crippen LogP contribution in [0.2, 0.25) is 0 Å². The summed E-state index contributed by atoms with van der Waals surface area (Å²) >= 11 is 0. The number of carbonyl (C=O) groups excluding carboxylic acids is 2. The topological polar surface area (TPSA) is 86.6 Å². The number of ketones is 2. The van der Waals surface area contributed by atoms with E-state index < -0.39 is 0 Å². The number of benzene rings is 1. The van der Waals surface area contributed by atoms with Gasteiger partial charge >= 0.3 is 0 Å². The zero-order valence-corrected chi connectivity index (χ0v) is 8.70. The number of rotatable bonds is 1. The molecule has 0 fully saturated rings. The summed E-state index contributed by atoms with van der Waals surface area (Å²) in [6, 6.07) is 1.24. The molecule has 3 N–H and O–H groups in total. The van der Waals surface area contributed by atoms with Crippen LogP contribution in [-0.2, 0) is 0 Å². The number of fused-ring (bicyclic) bond motifs is 1. The number of anilines is 1. The van der Waals surface area contributed by atoms with Crippen molar-refractivity contribution in [2.45, 2.75) is 12.8 Å². The molecule has 0 saturated heterocycles. The molecule has 5 nitrogen and oxygen atoms in total. The fourth-order valence-corrected chi connectivity index (χ4v) is 1.88. The Morgan fingerprint density at radius 1 is 1.12 bits per heavy atom. The summed E-state index contributed by atoms with van der Waals surface area (Å²) in [7, 11) is 1.55. The van der Waals surface area contributed by atoms with Crippen molar-refractivity contribution in [2.75, 3.05) is 12.4 Å². The van der Waals surface area contributed by atoms with E-state index in [2.05, 4.69) is 5.32 Å². The quantitative estimate of drug-likeness (QED) is 0.491. The molecule has 1 aliphatic carbocycles. The first-order valence-corrected chi connectivity index (χ1v) is 4.89. The molecule has 0 saturated carbocycles. The van der Waals surface area contributed by atoms with Crippen LogP contribution in [0.4, 0.5) is 5.69 Å². The molecule has 0 unspecified atom stereocenters. The second kappa shape index (κ2) is 3.52. The molecule has 84 valence electrons. The number of phenolic OH excluding ortho intramolecular Hbond substituents is 2. The van der Waals surface area contributed by atoms with E-state index in [1.54, 1.807) is 7.05 Å². The van der Waals surface area contributed by atoms with Crippen molar-refractivity contribution in [2.24, 2.45) is 0 Å². The van der Waals surface area contributed by atoms with Gasteiger partial charge in [-0.15, -0.1) is 0 Å². The zero-order valence-electron chi connectivity index (χ0n) is 8.70.